The van der Waals surface area contributed by atoms with Gasteiger partial charge in [-0.2, -0.15) is 0 Å². The fourth-order valence-electron chi connectivity index (χ4n) is 1.06. The quantitative estimate of drug-likeness (QED) is 0.326. The van der Waals surface area contributed by atoms with Gasteiger partial charge >= 0.3 is 6.98 Å². The average molecular weight is 249 g/mol. The Bertz CT molecular complexity index is 394. The molecule has 0 saturated heterocycles. The fourth-order valence-corrected chi connectivity index (χ4v) is 1.06. The summed E-state index contributed by atoms with van der Waals surface area (Å²) in [6.07, 6.45) is -2.16. The normalized spacial score (nSPS) is 12.0. The molecule has 0 radical (unpaired) electrons. The summed E-state index contributed by atoms with van der Waals surface area (Å²) in [6, 6.07) is 0. The van der Waals surface area contributed by atoms with Crippen molar-refractivity contribution in [2.45, 2.75) is 6.32 Å². The molecular formula is C7H2BF8-. The number of hydrogen-bond acceptors (Lipinski definition) is 0. The van der Waals surface area contributed by atoms with Gasteiger partial charge in [0.25, 0.3) is 0 Å². The van der Waals surface area contributed by atoms with Crippen LogP contribution >= 0.6 is 0 Å². The number of halogens is 8. The van der Waals surface area contributed by atoms with Gasteiger partial charge < -0.3 is 12.9 Å². The molecule has 1 aromatic carbocycles. The Kier molecular flexibility index (Phi) is 3.16. The molecule has 0 aliphatic heterocycles. The minimum atomic E-state index is -5.70. The van der Waals surface area contributed by atoms with E-state index in [-0.39, 0.29) is 0 Å². The third-order valence-corrected chi connectivity index (χ3v) is 1.74. The van der Waals surface area contributed by atoms with Gasteiger partial charge in [-0.15, -0.1) is 0 Å². The number of hydrogen-bond donors (Lipinski definition) is 0. The fraction of sp³-hybridized carbons (Fsp3) is 0.143. The molecule has 1 rings (SSSR count). The molecule has 90 valence electrons. The minimum Gasteiger partial charge on any atom is -0.449 e. The molecule has 0 spiro atoms. The van der Waals surface area contributed by atoms with Crippen molar-refractivity contribution in [3.05, 3.63) is 34.6 Å². The lowest BCUT2D eigenvalue weighted by molar-refractivity contribution is 0.368. The van der Waals surface area contributed by atoms with Crippen molar-refractivity contribution in [2.24, 2.45) is 0 Å². The maximum absolute atomic E-state index is 12.7. The van der Waals surface area contributed by atoms with E-state index in [2.05, 4.69) is 0 Å². The van der Waals surface area contributed by atoms with E-state index in [1.54, 1.807) is 0 Å². The van der Waals surface area contributed by atoms with Crippen molar-refractivity contribution in [2.75, 3.05) is 0 Å². The Hall–Kier alpha value is -1.28. The Morgan fingerprint density at radius 3 is 1.25 bits per heavy atom. The van der Waals surface area contributed by atoms with Crippen molar-refractivity contribution in [3.8, 4) is 0 Å². The van der Waals surface area contributed by atoms with Gasteiger partial charge in [0, 0.05) is 5.56 Å². The summed E-state index contributed by atoms with van der Waals surface area (Å²) >= 11 is 0. The second kappa shape index (κ2) is 3.95. The molecule has 0 atom stereocenters. The summed E-state index contributed by atoms with van der Waals surface area (Å²) in [5.74, 6) is -12.1. The highest BCUT2D eigenvalue weighted by Gasteiger charge is 2.32. The molecule has 0 saturated carbocycles. The first-order valence-electron chi connectivity index (χ1n) is 3.86. The predicted molar refractivity (Wildman–Crippen MR) is 39.0 cm³/mol. The topological polar surface area (TPSA) is 0 Å². The highest BCUT2D eigenvalue weighted by Crippen LogP contribution is 2.26. The van der Waals surface area contributed by atoms with Crippen molar-refractivity contribution < 1.29 is 34.9 Å². The summed E-state index contributed by atoms with van der Waals surface area (Å²) in [5, 5.41) is 0. The summed E-state index contributed by atoms with van der Waals surface area (Å²) in [5.41, 5.74) is -1.86. The Balaban J connectivity index is 3.40. The van der Waals surface area contributed by atoms with Crippen LogP contribution in [0.4, 0.5) is 34.9 Å². The maximum atomic E-state index is 12.7. The molecule has 0 aromatic heterocycles. The summed E-state index contributed by atoms with van der Waals surface area (Å²) < 4.78 is 98.4. The molecule has 0 bridgehead atoms. The van der Waals surface area contributed by atoms with Crippen LogP contribution in [0.15, 0.2) is 0 Å². The molecule has 0 heterocycles. The summed E-state index contributed by atoms with van der Waals surface area (Å²) in [4.78, 5) is 0. The average Bonchev–Trinajstić information content (AvgIpc) is 2.17. The Labute approximate surface area is 83.9 Å². The van der Waals surface area contributed by atoms with E-state index in [1.807, 2.05) is 0 Å². The van der Waals surface area contributed by atoms with Crippen molar-refractivity contribution in [1.29, 1.82) is 0 Å². The zero-order valence-electron chi connectivity index (χ0n) is 7.31. The van der Waals surface area contributed by atoms with Crippen molar-refractivity contribution in [1.82, 2.24) is 0 Å². The van der Waals surface area contributed by atoms with Crippen LogP contribution in [0.3, 0.4) is 0 Å². The second-order valence-electron chi connectivity index (χ2n) is 2.96. The minimum absolute atomic E-state index is 1.86. The van der Waals surface area contributed by atoms with Crippen LogP contribution in [0.1, 0.15) is 5.56 Å². The summed E-state index contributed by atoms with van der Waals surface area (Å²) in [6.45, 7) is -5.70. The molecular weight excluding hydrogens is 247 g/mol. The third kappa shape index (κ3) is 2.28. The van der Waals surface area contributed by atoms with Gasteiger partial charge in [-0.25, -0.2) is 22.0 Å². The van der Waals surface area contributed by atoms with Crippen LogP contribution in [0, 0.1) is 29.1 Å². The lowest BCUT2D eigenvalue weighted by Gasteiger charge is -2.15. The van der Waals surface area contributed by atoms with Crippen LogP contribution in [0.5, 0.6) is 0 Å². The Morgan fingerprint density at radius 2 is 0.938 bits per heavy atom. The lowest BCUT2D eigenvalue weighted by Crippen LogP contribution is -2.22. The monoisotopic (exact) mass is 249 g/mol. The zero-order valence-corrected chi connectivity index (χ0v) is 7.31. The molecule has 0 aliphatic carbocycles. The van der Waals surface area contributed by atoms with E-state index in [4.69, 9.17) is 0 Å². The first-order valence-corrected chi connectivity index (χ1v) is 3.86. The number of benzene rings is 1. The molecule has 0 fully saturated rings. The molecule has 0 aliphatic rings. The van der Waals surface area contributed by atoms with Gasteiger partial charge in [0.2, 0.25) is 5.82 Å². The largest absolute Gasteiger partial charge is 0.482 e. The van der Waals surface area contributed by atoms with E-state index in [0.717, 1.165) is 0 Å². The molecule has 0 N–H and O–H groups in total. The van der Waals surface area contributed by atoms with Gasteiger partial charge in [-0.3, -0.25) is 0 Å². The highest BCUT2D eigenvalue weighted by atomic mass is 19.4. The third-order valence-electron chi connectivity index (χ3n) is 1.74. The van der Waals surface area contributed by atoms with Crippen molar-refractivity contribution >= 4 is 6.98 Å². The molecule has 9 heteroatoms. The van der Waals surface area contributed by atoms with Crippen LogP contribution in [0.2, 0.25) is 0 Å². The van der Waals surface area contributed by atoms with E-state index in [0.29, 0.717) is 0 Å². The van der Waals surface area contributed by atoms with Crippen molar-refractivity contribution in [3.63, 3.8) is 0 Å². The SMILES string of the molecule is Fc1c(F)c(F)c(C[B-](F)(F)F)c(F)c1F. The lowest BCUT2D eigenvalue weighted by atomic mass is 9.81. The van der Waals surface area contributed by atoms with Crippen LogP contribution in [0.25, 0.3) is 0 Å². The van der Waals surface area contributed by atoms with E-state index < -0.39 is 47.9 Å². The molecule has 0 unspecified atom stereocenters. The molecule has 16 heavy (non-hydrogen) atoms. The Morgan fingerprint density at radius 1 is 0.625 bits per heavy atom. The smallest absolute Gasteiger partial charge is 0.449 e. The second-order valence-corrected chi connectivity index (χ2v) is 2.96. The van der Waals surface area contributed by atoms with E-state index >= 15 is 0 Å². The summed E-state index contributed by atoms with van der Waals surface area (Å²) in [7, 11) is 0. The zero-order chi connectivity index (χ0) is 12.7. The van der Waals surface area contributed by atoms with Crippen LogP contribution < -0.4 is 0 Å². The molecule has 0 nitrogen and oxygen atoms in total. The van der Waals surface area contributed by atoms with Crippen LogP contribution in [-0.4, -0.2) is 6.98 Å². The van der Waals surface area contributed by atoms with Crippen LogP contribution in [-0.2, 0) is 6.32 Å². The van der Waals surface area contributed by atoms with Gasteiger partial charge in [0.1, 0.15) is 0 Å². The van der Waals surface area contributed by atoms with E-state index in [9.17, 15) is 34.9 Å². The standard InChI is InChI=1S/C7H2BF8/c9-3-2(1-8(14,15)16)4(10)6(12)7(13)5(3)11/h1H2/q-1. The molecule has 1 aromatic rings. The van der Waals surface area contributed by atoms with Gasteiger partial charge in [0.05, 0.1) is 0 Å². The first-order chi connectivity index (χ1) is 7.15. The molecule has 0 amide bonds. The maximum Gasteiger partial charge on any atom is 0.482 e. The van der Waals surface area contributed by atoms with Gasteiger partial charge in [-0.05, 0) is 0 Å². The predicted octanol–water partition coefficient (Wildman–Crippen LogP) is 3.31. The van der Waals surface area contributed by atoms with Gasteiger partial charge in [0.15, 0.2) is 23.3 Å². The first kappa shape index (κ1) is 12.8. The van der Waals surface area contributed by atoms with Gasteiger partial charge in [-0.1, -0.05) is 6.32 Å². The highest BCUT2D eigenvalue weighted by molar-refractivity contribution is 6.57. The number of rotatable bonds is 2. The van der Waals surface area contributed by atoms with E-state index in [1.165, 1.54) is 0 Å².